The number of rotatable bonds is 5. The number of carbonyl (C=O) groups is 1. The van der Waals surface area contributed by atoms with Crippen molar-refractivity contribution in [3.8, 4) is 5.75 Å². The van der Waals surface area contributed by atoms with Crippen molar-refractivity contribution in [3.05, 3.63) is 29.8 Å². The van der Waals surface area contributed by atoms with Gasteiger partial charge in [-0.15, -0.1) is 0 Å². The van der Waals surface area contributed by atoms with Crippen molar-refractivity contribution in [1.82, 2.24) is 5.32 Å². The first-order valence-corrected chi connectivity index (χ1v) is 7.89. The van der Waals surface area contributed by atoms with E-state index >= 15 is 0 Å². The highest BCUT2D eigenvalue weighted by molar-refractivity contribution is 5.81. The maximum atomic E-state index is 12.2. The van der Waals surface area contributed by atoms with Gasteiger partial charge in [-0.25, -0.2) is 0 Å². The van der Waals surface area contributed by atoms with Crippen molar-refractivity contribution < 1.29 is 9.53 Å². The predicted octanol–water partition coefficient (Wildman–Crippen LogP) is 2.92. The highest BCUT2D eigenvalue weighted by Crippen LogP contribution is 2.20. The average molecular weight is 290 g/mol. The molecule has 1 unspecified atom stereocenters. The number of carbonyl (C=O) groups excluding carboxylic acids is 1. The largest absolute Gasteiger partial charge is 0.481 e. The fourth-order valence-corrected chi connectivity index (χ4v) is 2.69. The smallest absolute Gasteiger partial charge is 0.260 e. The van der Waals surface area contributed by atoms with Crippen molar-refractivity contribution in [2.45, 2.75) is 64.1 Å². The zero-order valence-electron chi connectivity index (χ0n) is 13.0. The Morgan fingerprint density at radius 1 is 1.29 bits per heavy atom. The minimum atomic E-state index is -0.491. The third-order valence-corrected chi connectivity index (χ3v) is 4.02. The number of hydrogen-bond donors (Lipinski definition) is 2. The Kier molecular flexibility index (Phi) is 5.62. The van der Waals surface area contributed by atoms with Crippen LogP contribution in [0.25, 0.3) is 0 Å². The Hall–Kier alpha value is -1.55. The molecule has 4 nitrogen and oxygen atoms in total. The molecule has 2 rings (SSSR count). The van der Waals surface area contributed by atoms with Gasteiger partial charge in [-0.05, 0) is 44.4 Å². The molecule has 0 radical (unpaired) electrons. The summed E-state index contributed by atoms with van der Waals surface area (Å²) in [6.07, 6.45) is 5.36. The Bertz CT molecular complexity index is 468. The monoisotopic (exact) mass is 290 g/mol. The highest BCUT2D eigenvalue weighted by Gasteiger charge is 2.20. The number of nitrogens with two attached hydrogens (primary N) is 1. The van der Waals surface area contributed by atoms with Crippen LogP contribution in [0.4, 0.5) is 0 Å². The molecule has 1 aromatic carbocycles. The molecule has 0 saturated heterocycles. The predicted molar refractivity (Wildman–Crippen MR) is 84.2 cm³/mol. The lowest BCUT2D eigenvalue weighted by atomic mass is 9.95. The zero-order valence-corrected chi connectivity index (χ0v) is 13.0. The van der Waals surface area contributed by atoms with Crippen LogP contribution in [0.5, 0.6) is 5.75 Å². The van der Waals surface area contributed by atoms with Gasteiger partial charge in [0.05, 0.1) is 0 Å². The molecular formula is C17H26N2O2. The summed E-state index contributed by atoms with van der Waals surface area (Å²) < 4.78 is 5.74. The Morgan fingerprint density at radius 2 is 2.00 bits per heavy atom. The van der Waals surface area contributed by atoms with E-state index in [0.29, 0.717) is 11.8 Å². The summed E-state index contributed by atoms with van der Waals surface area (Å²) in [4.78, 5) is 12.2. The van der Waals surface area contributed by atoms with Gasteiger partial charge in [0.2, 0.25) is 0 Å². The number of amides is 1. The van der Waals surface area contributed by atoms with Crippen molar-refractivity contribution in [2.75, 3.05) is 0 Å². The van der Waals surface area contributed by atoms with Crippen LogP contribution in [0, 0.1) is 0 Å². The molecule has 1 fully saturated rings. The fraction of sp³-hybridized carbons (Fsp3) is 0.588. The topological polar surface area (TPSA) is 64.3 Å². The molecule has 3 N–H and O–H groups in total. The average Bonchev–Trinajstić information content (AvgIpc) is 2.48. The third-order valence-electron chi connectivity index (χ3n) is 4.02. The normalized spacial score (nSPS) is 18.8. The maximum absolute atomic E-state index is 12.2. The van der Waals surface area contributed by atoms with Crippen molar-refractivity contribution >= 4 is 5.91 Å². The number of ether oxygens (including phenoxy) is 1. The second-order valence-corrected chi connectivity index (χ2v) is 5.96. The van der Waals surface area contributed by atoms with Crippen LogP contribution < -0.4 is 15.8 Å². The first-order valence-electron chi connectivity index (χ1n) is 7.89. The molecule has 0 aromatic heterocycles. The molecule has 1 aromatic rings. The van der Waals surface area contributed by atoms with Crippen LogP contribution in [-0.2, 0) is 4.79 Å². The minimum absolute atomic E-state index is 0.0342. The quantitative estimate of drug-likeness (QED) is 0.876. The van der Waals surface area contributed by atoms with Gasteiger partial charge in [0.25, 0.3) is 5.91 Å². The van der Waals surface area contributed by atoms with E-state index in [1.807, 2.05) is 31.2 Å². The van der Waals surface area contributed by atoms with Gasteiger partial charge in [-0.1, -0.05) is 31.4 Å². The van der Waals surface area contributed by atoms with Crippen LogP contribution in [0.3, 0.4) is 0 Å². The minimum Gasteiger partial charge on any atom is -0.481 e. The molecule has 1 saturated carbocycles. The molecule has 0 spiro atoms. The van der Waals surface area contributed by atoms with Gasteiger partial charge in [0.1, 0.15) is 5.75 Å². The van der Waals surface area contributed by atoms with Crippen molar-refractivity contribution in [3.63, 3.8) is 0 Å². The fourth-order valence-electron chi connectivity index (χ4n) is 2.69. The van der Waals surface area contributed by atoms with Crippen LogP contribution in [-0.4, -0.2) is 18.1 Å². The SMILES string of the molecule is CC(Oc1cccc([C@@H](C)N)c1)C(=O)NC1CCCCC1. The summed E-state index contributed by atoms with van der Waals surface area (Å²) in [5.41, 5.74) is 6.87. The van der Waals surface area contributed by atoms with E-state index < -0.39 is 6.10 Å². The van der Waals surface area contributed by atoms with Gasteiger partial charge >= 0.3 is 0 Å². The van der Waals surface area contributed by atoms with E-state index in [0.717, 1.165) is 18.4 Å². The number of nitrogens with one attached hydrogen (secondary N) is 1. The summed E-state index contributed by atoms with van der Waals surface area (Å²) in [5, 5.41) is 3.09. The summed E-state index contributed by atoms with van der Waals surface area (Å²) in [5.74, 6) is 0.657. The Labute approximate surface area is 127 Å². The molecule has 4 heteroatoms. The number of hydrogen-bond acceptors (Lipinski definition) is 3. The van der Waals surface area contributed by atoms with Gasteiger partial charge in [0.15, 0.2) is 6.10 Å². The van der Waals surface area contributed by atoms with Gasteiger partial charge in [0, 0.05) is 12.1 Å². The van der Waals surface area contributed by atoms with Gasteiger partial charge in [-0.2, -0.15) is 0 Å². The first kappa shape index (κ1) is 15.8. The molecule has 0 aliphatic heterocycles. The Morgan fingerprint density at radius 3 is 2.67 bits per heavy atom. The first-order chi connectivity index (χ1) is 10.1. The zero-order chi connectivity index (χ0) is 15.2. The maximum Gasteiger partial charge on any atom is 0.260 e. The molecule has 1 aliphatic carbocycles. The van der Waals surface area contributed by atoms with E-state index in [9.17, 15) is 4.79 Å². The van der Waals surface area contributed by atoms with Crippen LogP contribution >= 0.6 is 0 Å². The molecule has 21 heavy (non-hydrogen) atoms. The number of benzene rings is 1. The second kappa shape index (κ2) is 7.46. The van der Waals surface area contributed by atoms with E-state index in [2.05, 4.69) is 5.32 Å². The van der Waals surface area contributed by atoms with Crippen molar-refractivity contribution in [1.29, 1.82) is 0 Å². The van der Waals surface area contributed by atoms with Crippen LogP contribution in [0.15, 0.2) is 24.3 Å². The van der Waals surface area contributed by atoms with E-state index in [1.54, 1.807) is 6.92 Å². The van der Waals surface area contributed by atoms with E-state index in [-0.39, 0.29) is 11.9 Å². The molecule has 2 atom stereocenters. The lowest BCUT2D eigenvalue weighted by Crippen LogP contribution is -2.43. The summed E-state index contributed by atoms with van der Waals surface area (Å²) in [6, 6.07) is 7.89. The summed E-state index contributed by atoms with van der Waals surface area (Å²) >= 11 is 0. The van der Waals surface area contributed by atoms with E-state index in [1.165, 1.54) is 19.3 Å². The molecular weight excluding hydrogens is 264 g/mol. The Balaban J connectivity index is 1.89. The standard InChI is InChI=1S/C17H26N2O2/c1-12(18)14-7-6-10-16(11-14)21-13(2)17(20)19-15-8-4-3-5-9-15/h6-7,10-13,15H,3-5,8-9,18H2,1-2H3,(H,19,20)/t12-,13?/m1/s1. The van der Waals surface area contributed by atoms with Crippen molar-refractivity contribution in [2.24, 2.45) is 5.73 Å². The lowest BCUT2D eigenvalue weighted by molar-refractivity contribution is -0.128. The van der Waals surface area contributed by atoms with Gasteiger partial charge < -0.3 is 15.8 Å². The summed E-state index contributed by atoms with van der Waals surface area (Å²) in [6.45, 7) is 3.72. The highest BCUT2D eigenvalue weighted by atomic mass is 16.5. The molecule has 1 amide bonds. The molecule has 0 heterocycles. The van der Waals surface area contributed by atoms with Crippen LogP contribution in [0.2, 0.25) is 0 Å². The summed E-state index contributed by atoms with van der Waals surface area (Å²) in [7, 11) is 0. The molecule has 0 bridgehead atoms. The lowest BCUT2D eigenvalue weighted by Gasteiger charge is -2.24. The van der Waals surface area contributed by atoms with E-state index in [4.69, 9.17) is 10.5 Å². The van der Waals surface area contributed by atoms with Gasteiger partial charge in [-0.3, -0.25) is 4.79 Å². The molecule has 116 valence electrons. The molecule has 1 aliphatic rings. The second-order valence-electron chi connectivity index (χ2n) is 5.96. The van der Waals surface area contributed by atoms with Crippen LogP contribution in [0.1, 0.15) is 57.6 Å². The third kappa shape index (κ3) is 4.74.